The van der Waals surface area contributed by atoms with Gasteiger partial charge in [0.15, 0.2) is 11.5 Å². The Labute approximate surface area is 244 Å². The maximum Gasteiger partial charge on any atom is 0.237 e. The van der Waals surface area contributed by atoms with Crippen LogP contribution in [0.1, 0.15) is 45.1 Å². The molecule has 10 nitrogen and oxygen atoms in total. The van der Waals surface area contributed by atoms with Crippen molar-refractivity contribution in [2.24, 2.45) is 0 Å². The number of fused-ring (bicyclic) bond motifs is 1. The summed E-state index contributed by atoms with van der Waals surface area (Å²) in [6.45, 7) is 7.65. The molecule has 0 bridgehead atoms. The van der Waals surface area contributed by atoms with Gasteiger partial charge in [-0.2, -0.15) is 4.31 Å². The number of rotatable bonds is 13. The lowest BCUT2D eigenvalue weighted by Gasteiger charge is -2.29. The fourth-order valence-electron chi connectivity index (χ4n) is 5.36. The number of benzene rings is 2. The Morgan fingerprint density at radius 1 is 0.951 bits per heavy atom. The molecule has 2 aliphatic rings. The number of amides is 1. The van der Waals surface area contributed by atoms with Gasteiger partial charge in [0.1, 0.15) is 0 Å². The first-order valence-corrected chi connectivity index (χ1v) is 17.5. The lowest BCUT2D eigenvalue weighted by atomic mass is 10.1. The Bertz CT molecular complexity index is 1430. The highest BCUT2D eigenvalue weighted by Gasteiger charge is 2.27. The molecule has 226 valence electrons. The van der Waals surface area contributed by atoms with Crippen LogP contribution in [0.3, 0.4) is 0 Å². The van der Waals surface area contributed by atoms with Crippen LogP contribution in [0.25, 0.3) is 0 Å². The van der Waals surface area contributed by atoms with E-state index in [0.29, 0.717) is 44.0 Å². The van der Waals surface area contributed by atoms with E-state index in [0.717, 1.165) is 44.2 Å². The zero-order valence-corrected chi connectivity index (χ0v) is 25.8. The van der Waals surface area contributed by atoms with E-state index in [-0.39, 0.29) is 35.1 Å². The number of carbonyl (C=O) groups is 1. The van der Waals surface area contributed by atoms with Crippen molar-refractivity contribution in [1.29, 1.82) is 0 Å². The lowest BCUT2D eigenvalue weighted by Crippen LogP contribution is -2.39. The molecule has 0 saturated carbocycles. The predicted molar refractivity (Wildman–Crippen MR) is 156 cm³/mol. The maximum absolute atomic E-state index is 13.4. The predicted octanol–water partition coefficient (Wildman–Crippen LogP) is 3.17. The number of hydrogen-bond acceptors (Lipinski definition) is 8. The van der Waals surface area contributed by atoms with Crippen LogP contribution in [0.2, 0.25) is 0 Å². The average Bonchev–Trinajstić information content (AvgIpc) is 3.32. The van der Waals surface area contributed by atoms with Gasteiger partial charge in [-0.1, -0.05) is 19.1 Å². The largest absolute Gasteiger partial charge is 0.454 e. The highest BCUT2D eigenvalue weighted by molar-refractivity contribution is 7.91. The zero-order chi connectivity index (χ0) is 29.6. The van der Waals surface area contributed by atoms with Gasteiger partial charge in [0.05, 0.1) is 22.6 Å². The summed E-state index contributed by atoms with van der Waals surface area (Å²) in [6, 6.07) is 12.0. The molecular formula is C29H41N3O7S2. The minimum absolute atomic E-state index is 0.0821. The summed E-state index contributed by atoms with van der Waals surface area (Å²) in [5.41, 5.74) is 0.950. The number of sulfonamides is 1. The fourth-order valence-corrected chi connectivity index (χ4v) is 7.51. The summed E-state index contributed by atoms with van der Waals surface area (Å²) < 4.78 is 62.4. The molecule has 1 fully saturated rings. The van der Waals surface area contributed by atoms with Crippen molar-refractivity contribution in [2.75, 3.05) is 52.3 Å². The third kappa shape index (κ3) is 8.00. The molecule has 2 aromatic carbocycles. The first-order chi connectivity index (χ1) is 19.5. The van der Waals surface area contributed by atoms with E-state index in [4.69, 9.17) is 9.47 Å². The molecule has 2 heterocycles. The van der Waals surface area contributed by atoms with Crippen molar-refractivity contribution in [3.05, 3.63) is 48.0 Å². The van der Waals surface area contributed by atoms with Gasteiger partial charge >= 0.3 is 0 Å². The Balaban J connectivity index is 1.33. The molecule has 41 heavy (non-hydrogen) atoms. The van der Waals surface area contributed by atoms with Crippen molar-refractivity contribution < 1.29 is 31.1 Å². The van der Waals surface area contributed by atoms with Crippen molar-refractivity contribution in [3.63, 3.8) is 0 Å². The summed E-state index contributed by atoms with van der Waals surface area (Å²) in [4.78, 5) is 17.2. The number of nitrogens with zero attached hydrogens (tertiary/aromatic N) is 3. The minimum Gasteiger partial charge on any atom is -0.454 e. The lowest BCUT2D eigenvalue weighted by molar-refractivity contribution is -0.130. The number of hydrogen-bond donors (Lipinski definition) is 0. The summed E-state index contributed by atoms with van der Waals surface area (Å²) in [5.74, 6) is 0.837. The standard InChI is InChI=1S/C29H41N3O7S2/c1-4-13-30(14-5-6-15-31-16-8-17-32(21-29(31)33)40(3,34)35)23(2)18-24-9-7-10-25(19-24)41(36,37)26-11-12-27-28(20-26)39-22-38-27/h7,9-12,19-20,23H,4-6,8,13-18,21-22H2,1-3H3. The molecule has 0 N–H and O–H groups in total. The number of carbonyl (C=O) groups excluding carboxylic acids is 1. The van der Waals surface area contributed by atoms with Gasteiger partial charge < -0.3 is 19.3 Å². The second-order valence-electron chi connectivity index (χ2n) is 10.8. The minimum atomic E-state index is -3.71. The summed E-state index contributed by atoms with van der Waals surface area (Å²) in [5, 5.41) is 0. The average molecular weight is 608 g/mol. The highest BCUT2D eigenvalue weighted by atomic mass is 32.2. The Kier molecular flexibility index (Phi) is 10.3. The number of unbranched alkanes of at least 4 members (excludes halogenated alkanes) is 1. The van der Waals surface area contributed by atoms with E-state index in [1.54, 1.807) is 35.2 Å². The third-order valence-corrected chi connectivity index (χ3v) is 10.6. The van der Waals surface area contributed by atoms with Gasteiger partial charge in [0, 0.05) is 31.7 Å². The SMILES string of the molecule is CCCN(CCCCN1CCCN(S(C)(=O)=O)CC1=O)C(C)Cc1cccc(S(=O)(=O)c2ccc3c(c2)OCO3)c1. The molecule has 1 atom stereocenters. The van der Waals surface area contributed by atoms with Crippen molar-refractivity contribution in [1.82, 2.24) is 14.1 Å². The van der Waals surface area contributed by atoms with E-state index < -0.39 is 19.9 Å². The topological polar surface area (TPSA) is 114 Å². The Morgan fingerprint density at radius 2 is 1.71 bits per heavy atom. The molecule has 0 aromatic heterocycles. The highest BCUT2D eigenvalue weighted by Crippen LogP contribution is 2.35. The van der Waals surface area contributed by atoms with E-state index in [9.17, 15) is 21.6 Å². The molecule has 0 aliphatic carbocycles. The summed E-state index contributed by atoms with van der Waals surface area (Å²) in [7, 11) is -7.09. The van der Waals surface area contributed by atoms with Gasteiger partial charge in [0.25, 0.3) is 0 Å². The number of ether oxygens (including phenoxy) is 2. The molecule has 1 unspecified atom stereocenters. The maximum atomic E-state index is 13.4. The van der Waals surface area contributed by atoms with Crippen LogP contribution < -0.4 is 9.47 Å². The van der Waals surface area contributed by atoms with Crippen LogP contribution in [0.5, 0.6) is 11.5 Å². The second kappa shape index (κ2) is 13.5. The van der Waals surface area contributed by atoms with Crippen molar-refractivity contribution in [2.45, 2.75) is 61.8 Å². The molecule has 4 rings (SSSR count). The van der Waals surface area contributed by atoms with E-state index in [1.807, 2.05) is 6.07 Å². The first kappa shape index (κ1) is 31.3. The molecular weight excluding hydrogens is 566 g/mol. The third-order valence-electron chi connectivity index (χ3n) is 7.62. The van der Waals surface area contributed by atoms with Crippen molar-refractivity contribution >= 4 is 25.8 Å². The molecule has 2 aromatic rings. The summed E-state index contributed by atoms with van der Waals surface area (Å²) >= 11 is 0. The number of sulfone groups is 1. The normalized spacial score (nSPS) is 17.2. The molecule has 2 aliphatic heterocycles. The molecule has 0 radical (unpaired) electrons. The molecule has 1 amide bonds. The Hall–Kier alpha value is -2.67. The van der Waals surface area contributed by atoms with Crippen LogP contribution in [-0.2, 0) is 31.1 Å². The zero-order valence-electron chi connectivity index (χ0n) is 24.1. The van der Waals surface area contributed by atoms with Crippen LogP contribution >= 0.6 is 0 Å². The van der Waals surface area contributed by atoms with E-state index in [1.165, 1.54) is 10.4 Å². The fraction of sp³-hybridized carbons (Fsp3) is 0.552. The van der Waals surface area contributed by atoms with Crippen LogP contribution in [-0.4, -0.2) is 95.2 Å². The molecule has 12 heteroatoms. The Morgan fingerprint density at radius 3 is 2.46 bits per heavy atom. The van der Waals surface area contributed by atoms with Crippen LogP contribution in [0.4, 0.5) is 0 Å². The van der Waals surface area contributed by atoms with Crippen LogP contribution in [0.15, 0.2) is 52.3 Å². The molecule has 1 saturated heterocycles. The van der Waals surface area contributed by atoms with Gasteiger partial charge in [-0.15, -0.1) is 0 Å². The van der Waals surface area contributed by atoms with Crippen molar-refractivity contribution in [3.8, 4) is 11.5 Å². The first-order valence-electron chi connectivity index (χ1n) is 14.2. The van der Waals surface area contributed by atoms with Crippen LogP contribution in [0, 0.1) is 0 Å². The van der Waals surface area contributed by atoms with Gasteiger partial charge in [-0.25, -0.2) is 16.8 Å². The molecule has 0 spiro atoms. The monoisotopic (exact) mass is 607 g/mol. The smallest absolute Gasteiger partial charge is 0.237 e. The van der Waals surface area contributed by atoms with E-state index >= 15 is 0 Å². The van der Waals surface area contributed by atoms with Gasteiger partial charge in [0.2, 0.25) is 32.6 Å². The van der Waals surface area contributed by atoms with E-state index in [2.05, 4.69) is 18.7 Å². The van der Waals surface area contributed by atoms with Gasteiger partial charge in [-0.05, 0) is 81.9 Å². The second-order valence-corrected chi connectivity index (χ2v) is 14.7. The van der Waals surface area contributed by atoms with Gasteiger partial charge in [-0.3, -0.25) is 4.79 Å². The quantitative estimate of drug-likeness (QED) is 0.319. The summed E-state index contributed by atoms with van der Waals surface area (Å²) in [6.07, 6.45) is 5.23.